The van der Waals surface area contributed by atoms with Crippen molar-refractivity contribution in [3.63, 3.8) is 0 Å². The highest BCUT2D eigenvalue weighted by molar-refractivity contribution is 5.69. The minimum Gasteiger partial charge on any atom is -0.444 e. The predicted molar refractivity (Wildman–Crippen MR) is 74.9 cm³/mol. The molecule has 122 valence electrons. The van der Waals surface area contributed by atoms with Gasteiger partial charge in [0, 0.05) is 31.3 Å². The lowest BCUT2D eigenvalue weighted by Gasteiger charge is -2.37. The second-order valence-electron chi connectivity index (χ2n) is 6.18. The molecule has 1 amide bonds. The van der Waals surface area contributed by atoms with Gasteiger partial charge in [-0.15, -0.1) is 0 Å². The Kier molecular flexibility index (Phi) is 4.65. The van der Waals surface area contributed by atoms with Crippen LogP contribution < -0.4 is 5.32 Å². The summed E-state index contributed by atoms with van der Waals surface area (Å²) in [6.07, 6.45) is -0.608. The smallest absolute Gasteiger partial charge is 0.410 e. The van der Waals surface area contributed by atoms with Gasteiger partial charge in [0.1, 0.15) is 11.4 Å². The standard InChI is InChI=1S/C15H19F3N2O2/c1-15(2,3)22-14(21)20-5-4-19-8-13(20)9-6-11(17)12(18)7-10(9)16/h6-7,13,19H,4-5,8H2,1-3H3. The molecule has 1 saturated heterocycles. The Balaban J connectivity index is 2.31. The molecule has 0 saturated carbocycles. The maximum atomic E-state index is 14.0. The average molecular weight is 316 g/mol. The van der Waals surface area contributed by atoms with E-state index >= 15 is 0 Å². The molecule has 1 aliphatic rings. The van der Waals surface area contributed by atoms with Crippen molar-refractivity contribution in [3.05, 3.63) is 35.1 Å². The van der Waals surface area contributed by atoms with Crippen LogP contribution in [-0.4, -0.2) is 36.2 Å². The molecule has 0 spiro atoms. The summed E-state index contributed by atoms with van der Waals surface area (Å²) in [7, 11) is 0. The van der Waals surface area contributed by atoms with Crippen LogP contribution in [0.2, 0.25) is 0 Å². The van der Waals surface area contributed by atoms with Crippen molar-refractivity contribution in [2.24, 2.45) is 0 Å². The maximum absolute atomic E-state index is 14.0. The molecule has 0 aliphatic carbocycles. The van der Waals surface area contributed by atoms with Gasteiger partial charge in [-0.2, -0.15) is 0 Å². The average Bonchev–Trinajstić information content (AvgIpc) is 2.41. The first kappa shape index (κ1) is 16.6. The second-order valence-corrected chi connectivity index (χ2v) is 6.18. The lowest BCUT2D eigenvalue weighted by Crippen LogP contribution is -2.50. The first-order valence-electron chi connectivity index (χ1n) is 7.04. The maximum Gasteiger partial charge on any atom is 0.410 e. The second kappa shape index (κ2) is 6.16. The normalized spacial score (nSPS) is 19.2. The molecule has 7 heteroatoms. The molecule has 22 heavy (non-hydrogen) atoms. The lowest BCUT2D eigenvalue weighted by atomic mass is 10.0. The fraction of sp³-hybridized carbons (Fsp3) is 0.533. The molecule has 0 aromatic heterocycles. The van der Waals surface area contributed by atoms with E-state index < -0.39 is 35.2 Å². The summed E-state index contributed by atoms with van der Waals surface area (Å²) in [6, 6.07) is 0.533. The van der Waals surface area contributed by atoms with Gasteiger partial charge in [0.2, 0.25) is 0 Å². The van der Waals surface area contributed by atoms with Crippen LogP contribution in [-0.2, 0) is 4.74 Å². The molecule has 1 fully saturated rings. The molecule has 2 rings (SSSR count). The number of nitrogens with one attached hydrogen (secondary N) is 1. The summed E-state index contributed by atoms with van der Waals surface area (Å²) >= 11 is 0. The molecule has 1 heterocycles. The highest BCUT2D eigenvalue weighted by Crippen LogP contribution is 2.28. The quantitative estimate of drug-likeness (QED) is 0.810. The van der Waals surface area contributed by atoms with Crippen molar-refractivity contribution in [1.82, 2.24) is 10.2 Å². The molecule has 1 N–H and O–H groups in total. The van der Waals surface area contributed by atoms with Gasteiger partial charge < -0.3 is 10.1 Å². The van der Waals surface area contributed by atoms with Crippen LogP contribution in [0.25, 0.3) is 0 Å². The Morgan fingerprint density at radius 3 is 2.50 bits per heavy atom. The van der Waals surface area contributed by atoms with Gasteiger partial charge >= 0.3 is 6.09 Å². The molecule has 1 atom stereocenters. The third-order valence-corrected chi connectivity index (χ3v) is 3.27. The number of hydrogen-bond donors (Lipinski definition) is 1. The van der Waals surface area contributed by atoms with E-state index in [1.54, 1.807) is 20.8 Å². The Morgan fingerprint density at radius 2 is 1.86 bits per heavy atom. The number of amides is 1. The largest absolute Gasteiger partial charge is 0.444 e. The monoisotopic (exact) mass is 316 g/mol. The highest BCUT2D eigenvalue weighted by Gasteiger charge is 2.33. The van der Waals surface area contributed by atoms with Gasteiger partial charge in [0.05, 0.1) is 6.04 Å². The number of carbonyl (C=O) groups is 1. The van der Waals surface area contributed by atoms with E-state index in [9.17, 15) is 18.0 Å². The topological polar surface area (TPSA) is 41.6 Å². The zero-order valence-corrected chi connectivity index (χ0v) is 12.8. The number of hydrogen-bond acceptors (Lipinski definition) is 3. The van der Waals surface area contributed by atoms with E-state index in [2.05, 4.69) is 5.32 Å². The molecule has 0 bridgehead atoms. The summed E-state index contributed by atoms with van der Waals surface area (Å²) in [5.41, 5.74) is -0.768. The van der Waals surface area contributed by atoms with Crippen LogP contribution in [0.15, 0.2) is 12.1 Å². The number of benzene rings is 1. The van der Waals surface area contributed by atoms with Crippen molar-refractivity contribution in [2.75, 3.05) is 19.6 Å². The summed E-state index contributed by atoms with van der Waals surface area (Å²) < 4.78 is 45.8. The van der Waals surface area contributed by atoms with Crippen LogP contribution in [0.1, 0.15) is 32.4 Å². The van der Waals surface area contributed by atoms with E-state index in [0.717, 1.165) is 6.07 Å². The minimum absolute atomic E-state index is 0.0723. The van der Waals surface area contributed by atoms with Crippen LogP contribution >= 0.6 is 0 Å². The fourth-order valence-electron chi connectivity index (χ4n) is 2.31. The van der Waals surface area contributed by atoms with E-state index in [-0.39, 0.29) is 18.7 Å². The summed E-state index contributed by atoms with van der Waals surface area (Å²) in [5.74, 6) is -3.29. The van der Waals surface area contributed by atoms with Gasteiger partial charge in [-0.25, -0.2) is 18.0 Å². The van der Waals surface area contributed by atoms with Crippen molar-refractivity contribution in [2.45, 2.75) is 32.4 Å². The van der Waals surface area contributed by atoms with Gasteiger partial charge in [0.25, 0.3) is 0 Å². The molecule has 1 unspecified atom stereocenters. The van der Waals surface area contributed by atoms with Gasteiger partial charge in [0.15, 0.2) is 11.6 Å². The molecule has 1 aromatic rings. The third kappa shape index (κ3) is 3.71. The summed E-state index contributed by atoms with van der Waals surface area (Å²) in [5, 5.41) is 3.01. The molecular formula is C15H19F3N2O2. The van der Waals surface area contributed by atoms with E-state index in [1.165, 1.54) is 4.90 Å². The SMILES string of the molecule is CC(C)(C)OC(=O)N1CCNCC1c1cc(F)c(F)cc1F. The van der Waals surface area contributed by atoms with Crippen LogP contribution in [0.4, 0.5) is 18.0 Å². The number of nitrogens with zero attached hydrogens (tertiary/aromatic N) is 1. The molecule has 4 nitrogen and oxygen atoms in total. The van der Waals surface area contributed by atoms with Crippen LogP contribution in [0.3, 0.4) is 0 Å². The number of halogens is 3. The number of piperazine rings is 1. The van der Waals surface area contributed by atoms with Crippen molar-refractivity contribution < 1.29 is 22.7 Å². The van der Waals surface area contributed by atoms with Crippen molar-refractivity contribution in [1.29, 1.82) is 0 Å². The Morgan fingerprint density at radius 1 is 1.23 bits per heavy atom. The minimum atomic E-state index is -1.26. The first-order valence-corrected chi connectivity index (χ1v) is 7.04. The fourth-order valence-corrected chi connectivity index (χ4v) is 2.31. The van der Waals surface area contributed by atoms with E-state index in [4.69, 9.17) is 4.74 Å². The molecule has 1 aromatic carbocycles. The van der Waals surface area contributed by atoms with Gasteiger partial charge in [-0.3, -0.25) is 4.90 Å². The molecular weight excluding hydrogens is 297 g/mol. The van der Waals surface area contributed by atoms with Gasteiger partial charge in [-0.05, 0) is 26.8 Å². The Hall–Kier alpha value is -1.76. The highest BCUT2D eigenvalue weighted by atomic mass is 19.2. The third-order valence-electron chi connectivity index (χ3n) is 3.27. The van der Waals surface area contributed by atoms with E-state index in [1.807, 2.05) is 0 Å². The van der Waals surface area contributed by atoms with Crippen molar-refractivity contribution >= 4 is 6.09 Å². The van der Waals surface area contributed by atoms with Crippen molar-refractivity contribution in [3.8, 4) is 0 Å². The number of carbonyl (C=O) groups excluding carboxylic acids is 1. The Bertz CT molecular complexity index is 573. The lowest BCUT2D eigenvalue weighted by molar-refractivity contribution is 0.0114. The molecule has 0 radical (unpaired) electrons. The zero-order valence-electron chi connectivity index (χ0n) is 12.8. The molecule has 1 aliphatic heterocycles. The Labute approximate surface area is 127 Å². The van der Waals surface area contributed by atoms with E-state index in [0.29, 0.717) is 12.6 Å². The first-order chi connectivity index (χ1) is 10.2. The zero-order chi connectivity index (χ0) is 16.5. The number of ether oxygens (including phenoxy) is 1. The summed E-state index contributed by atoms with van der Waals surface area (Å²) in [6.45, 7) is 6.21. The van der Waals surface area contributed by atoms with Gasteiger partial charge in [-0.1, -0.05) is 0 Å². The number of rotatable bonds is 1. The van der Waals surface area contributed by atoms with Crippen LogP contribution in [0, 0.1) is 17.5 Å². The predicted octanol–water partition coefficient (Wildman–Crippen LogP) is 2.99. The summed E-state index contributed by atoms with van der Waals surface area (Å²) in [4.78, 5) is 13.6. The van der Waals surface area contributed by atoms with Crippen LogP contribution in [0.5, 0.6) is 0 Å².